The van der Waals surface area contributed by atoms with E-state index in [-0.39, 0.29) is 26.4 Å². The van der Waals surface area contributed by atoms with E-state index in [4.69, 9.17) is 9.84 Å². The summed E-state index contributed by atoms with van der Waals surface area (Å²) in [6.45, 7) is 5.33. The standard InChI is InChI=1S/C10H17NO5/c1-8(2)9(13)15-7-4-11-10(14)16-6-3-5-12/h12H,1,3-7H2,2H3,(H,11,14). The summed E-state index contributed by atoms with van der Waals surface area (Å²) in [5.41, 5.74) is 0.311. The van der Waals surface area contributed by atoms with Crippen molar-refractivity contribution in [1.29, 1.82) is 0 Å². The van der Waals surface area contributed by atoms with Crippen LogP contribution in [0.3, 0.4) is 0 Å². The van der Waals surface area contributed by atoms with E-state index in [1.54, 1.807) is 6.92 Å². The lowest BCUT2D eigenvalue weighted by Crippen LogP contribution is -2.29. The summed E-state index contributed by atoms with van der Waals surface area (Å²) in [5, 5.41) is 10.8. The van der Waals surface area contributed by atoms with Gasteiger partial charge in [-0.25, -0.2) is 9.59 Å². The van der Waals surface area contributed by atoms with Crippen molar-refractivity contribution in [2.24, 2.45) is 0 Å². The second-order valence-corrected chi connectivity index (χ2v) is 3.06. The molecule has 0 unspecified atom stereocenters. The second-order valence-electron chi connectivity index (χ2n) is 3.06. The summed E-state index contributed by atoms with van der Waals surface area (Å²) in [5.74, 6) is -0.490. The fraction of sp³-hybridized carbons (Fsp3) is 0.600. The van der Waals surface area contributed by atoms with Crippen LogP contribution in [0, 0.1) is 0 Å². The smallest absolute Gasteiger partial charge is 0.407 e. The Kier molecular flexibility index (Phi) is 7.87. The van der Waals surface area contributed by atoms with Gasteiger partial charge >= 0.3 is 12.1 Å². The molecule has 6 nitrogen and oxygen atoms in total. The molecule has 1 amide bonds. The van der Waals surface area contributed by atoms with E-state index in [0.717, 1.165) is 0 Å². The van der Waals surface area contributed by atoms with Crippen molar-refractivity contribution in [2.45, 2.75) is 13.3 Å². The fourth-order valence-electron chi connectivity index (χ4n) is 0.700. The lowest BCUT2D eigenvalue weighted by Gasteiger charge is -2.07. The van der Waals surface area contributed by atoms with Crippen molar-refractivity contribution in [3.8, 4) is 0 Å². The largest absolute Gasteiger partial charge is 0.460 e. The molecule has 0 spiro atoms. The van der Waals surface area contributed by atoms with Crippen LogP contribution < -0.4 is 5.32 Å². The zero-order valence-corrected chi connectivity index (χ0v) is 9.32. The quantitative estimate of drug-likeness (QED) is 0.372. The Morgan fingerprint density at radius 1 is 1.31 bits per heavy atom. The van der Waals surface area contributed by atoms with E-state index < -0.39 is 12.1 Å². The molecule has 2 N–H and O–H groups in total. The molecule has 0 aliphatic heterocycles. The van der Waals surface area contributed by atoms with Gasteiger partial charge in [0.15, 0.2) is 0 Å². The number of carbonyl (C=O) groups is 2. The number of hydrogen-bond donors (Lipinski definition) is 2. The van der Waals surface area contributed by atoms with E-state index in [2.05, 4.69) is 16.6 Å². The predicted molar refractivity (Wildman–Crippen MR) is 56.8 cm³/mol. The van der Waals surface area contributed by atoms with Gasteiger partial charge in [-0.3, -0.25) is 0 Å². The zero-order valence-electron chi connectivity index (χ0n) is 9.32. The number of hydrogen-bond acceptors (Lipinski definition) is 5. The Balaban J connectivity index is 3.41. The molecule has 0 saturated heterocycles. The Morgan fingerprint density at radius 3 is 2.56 bits per heavy atom. The molecule has 0 aliphatic rings. The third kappa shape index (κ3) is 7.81. The van der Waals surface area contributed by atoms with Crippen LogP contribution in [-0.4, -0.2) is 43.5 Å². The highest BCUT2D eigenvalue weighted by Gasteiger charge is 2.04. The summed E-state index contributed by atoms with van der Waals surface area (Å²) in [7, 11) is 0. The van der Waals surface area contributed by atoms with Gasteiger partial charge in [0.1, 0.15) is 6.61 Å². The first-order valence-electron chi connectivity index (χ1n) is 4.92. The normalized spacial score (nSPS) is 9.38. The average Bonchev–Trinajstić information content (AvgIpc) is 2.24. The number of nitrogens with one attached hydrogen (secondary N) is 1. The van der Waals surface area contributed by atoms with Gasteiger partial charge in [-0.1, -0.05) is 6.58 Å². The van der Waals surface area contributed by atoms with Gasteiger partial charge in [0.25, 0.3) is 0 Å². The third-order valence-corrected chi connectivity index (χ3v) is 1.49. The van der Waals surface area contributed by atoms with Crippen LogP contribution in [0.1, 0.15) is 13.3 Å². The van der Waals surface area contributed by atoms with Crippen molar-refractivity contribution in [2.75, 3.05) is 26.4 Å². The summed E-state index contributed by atoms with van der Waals surface area (Å²) < 4.78 is 9.40. The first-order chi connectivity index (χ1) is 7.57. The molecule has 0 fully saturated rings. The van der Waals surface area contributed by atoms with Crippen molar-refractivity contribution in [3.05, 3.63) is 12.2 Å². The zero-order chi connectivity index (χ0) is 12.4. The summed E-state index contributed by atoms with van der Waals surface area (Å²) >= 11 is 0. The van der Waals surface area contributed by atoms with Gasteiger partial charge in [0.05, 0.1) is 13.2 Å². The van der Waals surface area contributed by atoms with Crippen LogP contribution in [0.4, 0.5) is 4.79 Å². The molecule has 0 aliphatic carbocycles. The molecule has 0 aromatic carbocycles. The molecule has 92 valence electrons. The van der Waals surface area contributed by atoms with Crippen molar-refractivity contribution >= 4 is 12.1 Å². The number of ether oxygens (including phenoxy) is 2. The highest BCUT2D eigenvalue weighted by molar-refractivity contribution is 5.86. The van der Waals surface area contributed by atoms with E-state index >= 15 is 0 Å². The van der Waals surface area contributed by atoms with Gasteiger partial charge in [0.2, 0.25) is 0 Å². The van der Waals surface area contributed by atoms with Crippen LogP contribution in [0.2, 0.25) is 0 Å². The number of amides is 1. The molecule has 0 aromatic rings. The topological polar surface area (TPSA) is 84.9 Å². The van der Waals surface area contributed by atoms with Gasteiger partial charge in [0, 0.05) is 18.6 Å². The Bertz CT molecular complexity index is 252. The van der Waals surface area contributed by atoms with Crippen LogP contribution in [0.25, 0.3) is 0 Å². The molecule has 0 rings (SSSR count). The summed E-state index contributed by atoms with van der Waals surface area (Å²) in [4.78, 5) is 21.8. The first-order valence-corrected chi connectivity index (χ1v) is 4.92. The summed E-state index contributed by atoms with van der Waals surface area (Å²) in [6, 6.07) is 0. The van der Waals surface area contributed by atoms with Crippen LogP contribution in [0.15, 0.2) is 12.2 Å². The number of alkyl carbamates (subject to hydrolysis) is 1. The molecule has 0 atom stereocenters. The maximum Gasteiger partial charge on any atom is 0.407 e. The Morgan fingerprint density at radius 2 is 2.00 bits per heavy atom. The lowest BCUT2D eigenvalue weighted by molar-refractivity contribution is -0.138. The maximum absolute atomic E-state index is 10.9. The molecule has 0 bridgehead atoms. The molecule has 0 radical (unpaired) electrons. The average molecular weight is 231 g/mol. The number of esters is 1. The Labute approximate surface area is 94.2 Å². The van der Waals surface area contributed by atoms with Crippen LogP contribution >= 0.6 is 0 Å². The van der Waals surface area contributed by atoms with Gasteiger partial charge in [-0.2, -0.15) is 0 Å². The first kappa shape index (κ1) is 14.4. The van der Waals surface area contributed by atoms with Crippen molar-refractivity contribution in [1.82, 2.24) is 5.32 Å². The summed E-state index contributed by atoms with van der Waals surface area (Å²) in [6.07, 6.45) is -0.197. The molecular formula is C10H17NO5. The van der Waals surface area contributed by atoms with E-state index in [9.17, 15) is 9.59 Å². The third-order valence-electron chi connectivity index (χ3n) is 1.49. The number of aliphatic hydroxyl groups excluding tert-OH is 1. The number of rotatable bonds is 7. The highest BCUT2D eigenvalue weighted by atomic mass is 16.6. The molecular weight excluding hydrogens is 214 g/mol. The fourth-order valence-corrected chi connectivity index (χ4v) is 0.700. The SMILES string of the molecule is C=C(C)C(=O)OCCNC(=O)OCCCO. The Hall–Kier alpha value is -1.56. The molecule has 6 heteroatoms. The van der Waals surface area contributed by atoms with E-state index in [0.29, 0.717) is 12.0 Å². The molecule has 0 saturated carbocycles. The van der Waals surface area contributed by atoms with E-state index in [1.165, 1.54) is 0 Å². The second kappa shape index (κ2) is 8.72. The van der Waals surface area contributed by atoms with Crippen molar-refractivity contribution < 1.29 is 24.2 Å². The lowest BCUT2D eigenvalue weighted by atomic mass is 10.4. The predicted octanol–water partition coefficient (Wildman–Crippen LogP) is 0.214. The van der Waals surface area contributed by atoms with Gasteiger partial charge in [-0.15, -0.1) is 0 Å². The maximum atomic E-state index is 10.9. The van der Waals surface area contributed by atoms with Crippen molar-refractivity contribution in [3.63, 3.8) is 0 Å². The van der Waals surface area contributed by atoms with Crippen LogP contribution in [0.5, 0.6) is 0 Å². The van der Waals surface area contributed by atoms with E-state index in [1.807, 2.05) is 0 Å². The van der Waals surface area contributed by atoms with Gasteiger partial charge < -0.3 is 19.9 Å². The number of aliphatic hydroxyl groups is 1. The molecule has 0 aromatic heterocycles. The molecule has 0 heterocycles. The van der Waals surface area contributed by atoms with Gasteiger partial charge in [-0.05, 0) is 6.92 Å². The monoisotopic (exact) mass is 231 g/mol. The minimum atomic E-state index is -0.597. The molecule has 16 heavy (non-hydrogen) atoms. The highest BCUT2D eigenvalue weighted by Crippen LogP contribution is 1.90. The number of carbonyl (C=O) groups excluding carboxylic acids is 2. The van der Waals surface area contributed by atoms with Crippen LogP contribution in [-0.2, 0) is 14.3 Å². The minimum Gasteiger partial charge on any atom is -0.460 e. The minimum absolute atomic E-state index is 0.0243.